The van der Waals surface area contributed by atoms with Crippen LogP contribution in [-0.4, -0.2) is 140 Å². The Morgan fingerprint density at radius 1 is 0.402 bits per heavy atom. The molecule has 2 rings (SSSR count). The number of carbonyl (C=O) groups excluding carboxylic acids is 1. The average molecular weight is 1240 g/mol. The van der Waals surface area contributed by atoms with Crippen LogP contribution in [0, 0.1) is 0 Å². The lowest BCUT2D eigenvalue weighted by atomic mass is 9.97. The summed E-state index contributed by atoms with van der Waals surface area (Å²) in [5.41, 5.74) is 0. The first-order valence-corrected chi connectivity index (χ1v) is 37.4. The molecule has 2 fully saturated rings. The molecule has 0 saturated carbocycles. The third-order valence-electron chi connectivity index (χ3n) is 18.7. The van der Waals surface area contributed by atoms with E-state index in [1.54, 1.807) is 6.08 Å². The highest BCUT2D eigenvalue weighted by molar-refractivity contribution is 5.76. The molecule has 14 nitrogen and oxygen atoms in total. The van der Waals surface area contributed by atoms with E-state index in [0.717, 1.165) is 44.9 Å². The molecule has 0 bridgehead atoms. The molecule has 0 aromatic heterocycles. The molecule has 0 aromatic carbocycles. The Hall–Kier alpha value is -1.27. The molecule has 12 atom stereocenters. The highest BCUT2D eigenvalue weighted by Gasteiger charge is 2.51. The molecule has 87 heavy (non-hydrogen) atoms. The summed E-state index contributed by atoms with van der Waals surface area (Å²) in [6.45, 7) is 2.86. The topological polar surface area (TPSA) is 228 Å². The predicted octanol–water partition coefficient (Wildman–Crippen LogP) is 15.7. The zero-order valence-corrected chi connectivity index (χ0v) is 56.3. The van der Waals surface area contributed by atoms with Gasteiger partial charge in [0.25, 0.3) is 0 Å². The van der Waals surface area contributed by atoms with Crippen molar-refractivity contribution in [2.75, 3.05) is 19.8 Å². The quantitative estimate of drug-likeness (QED) is 0.0204. The van der Waals surface area contributed by atoms with Gasteiger partial charge in [0.2, 0.25) is 5.91 Å². The molecule has 14 heteroatoms. The van der Waals surface area contributed by atoms with Gasteiger partial charge >= 0.3 is 0 Å². The summed E-state index contributed by atoms with van der Waals surface area (Å²) >= 11 is 0. The van der Waals surface area contributed by atoms with E-state index in [-0.39, 0.29) is 18.9 Å². The minimum Gasteiger partial charge on any atom is -0.394 e. The van der Waals surface area contributed by atoms with Crippen molar-refractivity contribution < 1.29 is 64.6 Å². The summed E-state index contributed by atoms with van der Waals surface area (Å²) < 4.78 is 22.9. The summed E-state index contributed by atoms with van der Waals surface area (Å²) in [5, 5.41) is 87.4. The molecule has 2 aliphatic heterocycles. The molecule has 2 aliphatic rings. The van der Waals surface area contributed by atoms with Gasteiger partial charge in [-0.15, -0.1) is 0 Å². The van der Waals surface area contributed by atoms with E-state index in [2.05, 4.69) is 19.2 Å². The zero-order chi connectivity index (χ0) is 63.1. The standard InChI is InChI=1S/C73H141NO13/c1-3-5-7-9-11-13-15-17-19-21-22-23-24-25-26-27-28-29-30-31-32-33-34-35-36-37-38-39-41-43-45-47-49-51-53-55-57-65(78)74-61(62(77)56-54-52-50-48-46-44-42-40-20-18-16-14-12-10-8-6-4-2)60-84-72-70(83)68(81)71(64(59-76)86-72)87-73-69(82)67(80)66(79)63(58-75)85-73/h54,56,61-64,66-73,75-77,79-83H,3-53,55,57-60H2,1-2H3,(H,74,78)/b56-54+/t61-,62+,63+,64+,66-,67?,68?,69?,70?,71+,72+,73-/m0/s1. The monoisotopic (exact) mass is 1240 g/mol. The average Bonchev–Trinajstić information content (AvgIpc) is 2.34. The second-order valence-electron chi connectivity index (χ2n) is 26.8. The van der Waals surface area contributed by atoms with E-state index in [1.165, 1.54) is 289 Å². The molecule has 0 aromatic rings. The fourth-order valence-electron chi connectivity index (χ4n) is 12.8. The molecule has 0 spiro atoms. The van der Waals surface area contributed by atoms with E-state index < -0.39 is 86.8 Å². The van der Waals surface area contributed by atoms with Crippen LogP contribution in [0.2, 0.25) is 0 Å². The van der Waals surface area contributed by atoms with Crippen LogP contribution < -0.4 is 5.32 Å². The van der Waals surface area contributed by atoms with Crippen LogP contribution in [0.25, 0.3) is 0 Å². The third-order valence-corrected chi connectivity index (χ3v) is 18.7. The number of aliphatic hydroxyl groups excluding tert-OH is 8. The second-order valence-corrected chi connectivity index (χ2v) is 26.8. The molecular weight excluding hydrogens is 1100 g/mol. The van der Waals surface area contributed by atoms with Crippen molar-refractivity contribution in [2.45, 2.75) is 428 Å². The number of unbranched alkanes of at least 4 members (excludes halogenated alkanes) is 50. The van der Waals surface area contributed by atoms with E-state index in [9.17, 15) is 45.6 Å². The fourth-order valence-corrected chi connectivity index (χ4v) is 12.8. The van der Waals surface area contributed by atoms with Crippen molar-refractivity contribution >= 4 is 5.91 Å². The normalized spacial score (nSPS) is 23.2. The molecule has 516 valence electrons. The number of carbonyl (C=O) groups is 1. The van der Waals surface area contributed by atoms with Gasteiger partial charge < -0.3 is 65.1 Å². The first-order valence-electron chi connectivity index (χ1n) is 37.4. The van der Waals surface area contributed by atoms with Gasteiger partial charge in [-0.3, -0.25) is 4.79 Å². The maximum atomic E-state index is 13.3. The largest absolute Gasteiger partial charge is 0.394 e. The number of hydrogen-bond donors (Lipinski definition) is 9. The molecule has 1 amide bonds. The molecule has 2 saturated heterocycles. The van der Waals surface area contributed by atoms with Gasteiger partial charge in [-0.1, -0.05) is 341 Å². The first kappa shape index (κ1) is 81.8. The van der Waals surface area contributed by atoms with E-state index >= 15 is 0 Å². The van der Waals surface area contributed by atoms with Crippen molar-refractivity contribution in [3.63, 3.8) is 0 Å². The minimum absolute atomic E-state index is 0.231. The number of hydrogen-bond acceptors (Lipinski definition) is 13. The Morgan fingerprint density at radius 3 is 1.06 bits per heavy atom. The lowest BCUT2D eigenvalue weighted by Crippen LogP contribution is -2.65. The maximum Gasteiger partial charge on any atom is 0.220 e. The third kappa shape index (κ3) is 42.6. The van der Waals surface area contributed by atoms with E-state index in [0.29, 0.717) is 0 Å². The molecule has 4 unspecified atom stereocenters. The van der Waals surface area contributed by atoms with Crippen LogP contribution in [0.1, 0.15) is 354 Å². The Balaban J connectivity index is 1.58. The van der Waals surface area contributed by atoms with Gasteiger partial charge in [-0.05, 0) is 19.3 Å². The second kappa shape index (κ2) is 58.5. The maximum absolute atomic E-state index is 13.3. The Bertz CT molecular complexity index is 1510. The lowest BCUT2D eigenvalue weighted by Gasteiger charge is -2.46. The summed E-state index contributed by atoms with van der Waals surface area (Å²) in [5.74, 6) is -0.231. The van der Waals surface area contributed by atoms with Gasteiger partial charge in [0.05, 0.1) is 32.0 Å². The van der Waals surface area contributed by atoms with Crippen molar-refractivity contribution in [3.8, 4) is 0 Å². The first-order chi connectivity index (χ1) is 42.6. The Labute approximate surface area is 533 Å². The van der Waals surface area contributed by atoms with Crippen molar-refractivity contribution in [1.82, 2.24) is 5.32 Å². The fraction of sp³-hybridized carbons (Fsp3) is 0.959. The highest BCUT2D eigenvalue weighted by atomic mass is 16.7. The van der Waals surface area contributed by atoms with Gasteiger partial charge in [-0.2, -0.15) is 0 Å². The van der Waals surface area contributed by atoms with Crippen LogP contribution >= 0.6 is 0 Å². The lowest BCUT2D eigenvalue weighted by molar-refractivity contribution is -0.359. The Kier molecular flexibility index (Phi) is 55.1. The van der Waals surface area contributed by atoms with Gasteiger partial charge in [0, 0.05) is 6.42 Å². The predicted molar refractivity (Wildman–Crippen MR) is 355 cm³/mol. The highest BCUT2D eigenvalue weighted by Crippen LogP contribution is 2.30. The van der Waals surface area contributed by atoms with Crippen LogP contribution in [0.3, 0.4) is 0 Å². The number of rotatable bonds is 63. The SMILES string of the molecule is CCCCCCCCCCCCCCCCC/C=C/[C@@H](O)[C@H](CO[C@@H]1O[C@H](CO)[C@@H](O[C@@H]2O[C@H](CO)[C@H](O)C(O)C2O)C(O)C1O)NC(=O)CCCCCCCCCCCCCCCCCCCCCCCCCCCCCCCCCCCCCC. The minimum atomic E-state index is -1.79. The summed E-state index contributed by atoms with van der Waals surface area (Å²) in [6, 6.07) is -0.911. The molecule has 9 N–H and O–H groups in total. The van der Waals surface area contributed by atoms with Crippen molar-refractivity contribution in [3.05, 3.63) is 12.2 Å². The molecule has 2 heterocycles. The molecule has 0 aliphatic carbocycles. The van der Waals surface area contributed by atoms with E-state index in [4.69, 9.17) is 18.9 Å². The van der Waals surface area contributed by atoms with Crippen LogP contribution in [0.15, 0.2) is 12.2 Å². The number of amides is 1. The molecular formula is C73H141NO13. The number of ether oxygens (including phenoxy) is 4. The van der Waals surface area contributed by atoms with Gasteiger partial charge in [-0.25, -0.2) is 0 Å². The van der Waals surface area contributed by atoms with Crippen molar-refractivity contribution in [2.24, 2.45) is 0 Å². The number of nitrogens with one attached hydrogen (secondary N) is 1. The van der Waals surface area contributed by atoms with Gasteiger partial charge in [0.1, 0.15) is 48.8 Å². The number of allylic oxidation sites excluding steroid dienone is 1. The Morgan fingerprint density at radius 2 is 0.713 bits per heavy atom. The molecule has 0 radical (unpaired) electrons. The summed E-state index contributed by atoms with van der Waals surface area (Å²) in [6.07, 6.45) is 55.8. The van der Waals surface area contributed by atoms with Crippen LogP contribution in [0.4, 0.5) is 0 Å². The summed E-state index contributed by atoms with van der Waals surface area (Å²) in [4.78, 5) is 13.3. The van der Waals surface area contributed by atoms with Gasteiger partial charge in [0.15, 0.2) is 12.6 Å². The van der Waals surface area contributed by atoms with Crippen molar-refractivity contribution in [1.29, 1.82) is 0 Å². The smallest absolute Gasteiger partial charge is 0.220 e. The number of aliphatic hydroxyl groups is 8. The van der Waals surface area contributed by atoms with Crippen LogP contribution in [0.5, 0.6) is 0 Å². The zero-order valence-electron chi connectivity index (χ0n) is 56.3. The summed E-state index contributed by atoms with van der Waals surface area (Å²) in [7, 11) is 0. The van der Waals surface area contributed by atoms with Crippen LogP contribution in [-0.2, 0) is 23.7 Å². The van der Waals surface area contributed by atoms with E-state index in [1.807, 2.05) is 6.08 Å².